The van der Waals surface area contributed by atoms with Gasteiger partial charge in [0, 0.05) is 19.1 Å². The number of nitrogens with one attached hydrogen (secondary N) is 1. The zero-order chi connectivity index (χ0) is 13.5. The van der Waals surface area contributed by atoms with Crippen LogP contribution in [-0.4, -0.2) is 70.6 Å². The molecule has 1 saturated heterocycles. The largest absolute Gasteiger partial charge is 0.396 e. The smallest absolute Gasteiger partial charge is 0.109 e. The molecule has 1 aliphatic heterocycles. The van der Waals surface area contributed by atoms with Crippen LogP contribution in [0.2, 0.25) is 0 Å². The van der Waals surface area contributed by atoms with Gasteiger partial charge in [0.25, 0.3) is 0 Å². The molecular weight excluding hydrogens is 238 g/mol. The Bertz CT molecular complexity index is 229. The lowest BCUT2D eigenvalue weighted by Crippen LogP contribution is -2.51. The van der Waals surface area contributed by atoms with Crippen molar-refractivity contribution < 1.29 is 25.2 Å². The zero-order valence-electron chi connectivity index (χ0n) is 10.8. The van der Waals surface area contributed by atoms with E-state index in [1.54, 1.807) is 0 Å². The van der Waals surface area contributed by atoms with Crippen LogP contribution in [0, 0.1) is 0 Å². The highest BCUT2D eigenvalue weighted by Gasteiger charge is 2.36. The molecule has 1 fully saturated rings. The predicted octanol–water partition coefficient (Wildman–Crippen LogP) is -1.39. The Morgan fingerprint density at radius 3 is 2.67 bits per heavy atom. The fraction of sp³-hybridized carbons (Fsp3) is 1.00. The predicted molar refractivity (Wildman–Crippen MR) is 66.2 cm³/mol. The van der Waals surface area contributed by atoms with Crippen LogP contribution in [0.15, 0.2) is 0 Å². The molecule has 0 spiro atoms. The van der Waals surface area contributed by atoms with Gasteiger partial charge in [0.05, 0.1) is 18.8 Å². The Morgan fingerprint density at radius 1 is 1.33 bits per heavy atom. The second-order valence-corrected chi connectivity index (χ2v) is 4.94. The van der Waals surface area contributed by atoms with E-state index in [1.807, 2.05) is 6.92 Å². The molecule has 18 heavy (non-hydrogen) atoms. The van der Waals surface area contributed by atoms with Crippen molar-refractivity contribution in [3.8, 4) is 0 Å². The molecular formula is C12H25NO5. The maximum absolute atomic E-state index is 9.68. The van der Waals surface area contributed by atoms with Gasteiger partial charge in [-0.2, -0.15) is 0 Å². The molecule has 0 aromatic rings. The molecule has 1 rings (SSSR count). The number of ether oxygens (including phenoxy) is 1. The van der Waals surface area contributed by atoms with Crippen molar-refractivity contribution in [2.24, 2.45) is 0 Å². The lowest BCUT2D eigenvalue weighted by atomic mass is 9.95. The minimum Gasteiger partial charge on any atom is -0.396 e. The molecule has 6 nitrogen and oxygen atoms in total. The standard InChI is InChI=1S/C12H25NO5/c1-8(13-3-2-4-14)5-9-6-10(16)12(17)11(7-15)18-9/h8-17H,2-7H2,1H3. The van der Waals surface area contributed by atoms with Crippen molar-refractivity contribution >= 4 is 0 Å². The number of aliphatic hydroxyl groups is 4. The van der Waals surface area contributed by atoms with E-state index in [9.17, 15) is 10.2 Å². The highest BCUT2D eigenvalue weighted by molar-refractivity contribution is 4.86. The lowest BCUT2D eigenvalue weighted by molar-refractivity contribution is -0.181. The van der Waals surface area contributed by atoms with Gasteiger partial charge in [-0.1, -0.05) is 0 Å². The maximum Gasteiger partial charge on any atom is 0.109 e. The second kappa shape index (κ2) is 8.04. The summed E-state index contributed by atoms with van der Waals surface area (Å²) in [6.07, 6.45) is -0.943. The van der Waals surface area contributed by atoms with Gasteiger partial charge in [-0.25, -0.2) is 0 Å². The molecule has 1 heterocycles. The average Bonchev–Trinajstić information content (AvgIpc) is 2.34. The minimum absolute atomic E-state index is 0.164. The summed E-state index contributed by atoms with van der Waals surface area (Å²) < 4.78 is 5.55. The summed E-state index contributed by atoms with van der Waals surface area (Å²) in [5.74, 6) is 0. The van der Waals surface area contributed by atoms with E-state index in [2.05, 4.69) is 5.32 Å². The Kier molecular flexibility index (Phi) is 7.06. The molecule has 0 aromatic carbocycles. The molecule has 0 saturated carbocycles. The summed E-state index contributed by atoms with van der Waals surface area (Å²) in [6.45, 7) is 2.61. The van der Waals surface area contributed by atoms with Gasteiger partial charge in [-0.05, 0) is 26.3 Å². The minimum atomic E-state index is -1.01. The molecule has 108 valence electrons. The highest BCUT2D eigenvalue weighted by Crippen LogP contribution is 2.23. The fourth-order valence-electron chi connectivity index (χ4n) is 2.25. The van der Waals surface area contributed by atoms with Crippen molar-refractivity contribution in [2.45, 2.75) is 56.6 Å². The number of hydrogen-bond donors (Lipinski definition) is 5. The third-order valence-electron chi connectivity index (χ3n) is 3.27. The Hall–Kier alpha value is -0.240. The molecule has 5 atom stereocenters. The van der Waals surface area contributed by atoms with Crippen molar-refractivity contribution in [1.82, 2.24) is 5.32 Å². The van der Waals surface area contributed by atoms with E-state index in [1.165, 1.54) is 0 Å². The van der Waals surface area contributed by atoms with Crippen LogP contribution in [0.5, 0.6) is 0 Å². The summed E-state index contributed by atoms with van der Waals surface area (Å²) in [4.78, 5) is 0. The van der Waals surface area contributed by atoms with E-state index in [4.69, 9.17) is 14.9 Å². The number of hydrogen-bond acceptors (Lipinski definition) is 6. The average molecular weight is 263 g/mol. The summed E-state index contributed by atoms with van der Waals surface area (Å²) in [5.41, 5.74) is 0. The summed E-state index contributed by atoms with van der Waals surface area (Å²) >= 11 is 0. The molecule has 5 unspecified atom stereocenters. The molecule has 1 aliphatic rings. The van der Waals surface area contributed by atoms with Gasteiger partial charge >= 0.3 is 0 Å². The maximum atomic E-state index is 9.68. The van der Waals surface area contributed by atoms with Gasteiger partial charge in [0.2, 0.25) is 0 Å². The lowest BCUT2D eigenvalue weighted by Gasteiger charge is -2.37. The topological polar surface area (TPSA) is 102 Å². The molecule has 5 N–H and O–H groups in total. The van der Waals surface area contributed by atoms with E-state index in [-0.39, 0.29) is 25.4 Å². The van der Waals surface area contributed by atoms with Gasteiger partial charge in [0.15, 0.2) is 0 Å². The third kappa shape index (κ3) is 4.79. The van der Waals surface area contributed by atoms with Crippen molar-refractivity contribution in [2.75, 3.05) is 19.8 Å². The van der Waals surface area contributed by atoms with Crippen LogP contribution in [0.3, 0.4) is 0 Å². The summed E-state index contributed by atoms with van der Waals surface area (Å²) in [5, 5.41) is 40.3. The van der Waals surface area contributed by atoms with E-state index >= 15 is 0 Å². The van der Waals surface area contributed by atoms with E-state index in [0.717, 1.165) is 6.54 Å². The number of aliphatic hydroxyl groups excluding tert-OH is 4. The monoisotopic (exact) mass is 263 g/mol. The Balaban J connectivity index is 2.33. The van der Waals surface area contributed by atoms with Crippen molar-refractivity contribution in [1.29, 1.82) is 0 Å². The van der Waals surface area contributed by atoms with Crippen LogP contribution in [0.4, 0.5) is 0 Å². The first-order valence-corrected chi connectivity index (χ1v) is 6.55. The molecule has 0 radical (unpaired) electrons. The highest BCUT2D eigenvalue weighted by atomic mass is 16.5. The van der Waals surface area contributed by atoms with Crippen LogP contribution >= 0.6 is 0 Å². The fourth-order valence-corrected chi connectivity index (χ4v) is 2.25. The molecule has 0 amide bonds. The van der Waals surface area contributed by atoms with Crippen molar-refractivity contribution in [3.05, 3.63) is 0 Å². The zero-order valence-corrected chi connectivity index (χ0v) is 10.8. The van der Waals surface area contributed by atoms with Gasteiger partial charge in [0.1, 0.15) is 12.2 Å². The Morgan fingerprint density at radius 2 is 2.06 bits per heavy atom. The second-order valence-electron chi connectivity index (χ2n) is 4.94. The van der Waals surface area contributed by atoms with Gasteiger partial charge < -0.3 is 30.5 Å². The molecule has 0 aromatic heterocycles. The first-order chi connectivity index (χ1) is 8.58. The van der Waals surface area contributed by atoms with Crippen LogP contribution in [0.1, 0.15) is 26.2 Å². The molecule has 0 aliphatic carbocycles. The SMILES string of the molecule is CC(CC1CC(O)C(O)C(CO)O1)NCCCO. The molecule has 6 heteroatoms. The van der Waals surface area contributed by atoms with E-state index < -0.39 is 18.3 Å². The molecule has 0 bridgehead atoms. The third-order valence-corrected chi connectivity index (χ3v) is 3.27. The van der Waals surface area contributed by atoms with Gasteiger partial charge in [-0.3, -0.25) is 0 Å². The van der Waals surface area contributed by atoms with Crippen molar-refractivity contribution in [3.63, 3.8) is 0 Å². The quantitative estimate of drug-likeness (QED) is 0.362. The first kappa shape index (κ1) is 15.8. The summed E-state index contributed by atoms with van der Waals surface area (Å²) in [7, 11) is 0. The normalized spacial score (nSPS) is 34.5. The summed E-state index contributed by atoms with van der Waals surface area (Å²) in [6, 6.07) is 0.198. The van der Waals surface area contributed by atoms with Crippen LogP contribution in [0.25, 0.3) is 0 Å². The van der Waals surface area contributed by atoms with E-state index in [0.29, 0.717) is 19.3 Å². The Labute approximate surface area is 108 Å². The number of rotatable bonds is 7. The van der Waals surface area contributed by atoms with Crippen LogP contribution in [-0.2, 0) is 4.74 Å². The van der Waals surface area contributed by atoms with Gasteiger partial charge in [-0.15, -0.1) is 0 Å². The first-order valence-electron chi connectivity index (χ1n) is 6.55. The van der Waals surface area contributed by atoms with Crippen LogP contribution < -0.4 is 5.32 Å².